The molecule has 0 unspecified atom stereocenters. The second kappa shape index (κ2) is 12.4. The minimum absolute atomic E-state index is 0.0331. The van der Waals surface area contributed by atoms with Crippen LogP contribution >= 0.6 is 0 Å². The number of carbonyl (C=O) groups excluding carboxylic acids is 1. The number of hydrogen-bond acceptors (Lipinski definition) is 4. The van der Waals surface area contributed by atoms with Crippen LogP contribution in [0.4, 0.5) is 0 Å². The van der Waals surface area contributed by atoms with E-state index in [9.17, 15) is 4.79 Å². The molecule has 2 rings (SSSR count). The summed E-state index contributed by atoms with van der Waals surface area (Å²) < 4.78 is 5.16. The van der Waals surface area contributed by atoms with Crippen molar-refractivity contribution in [2.24, 2.45) is 10.9 Å². The number of aliphatic imine (C=N–C) groups is 1. The zero-order valence-electron chi connectivity index (χ0n) is 17.7. The van der Waals surface area contributed by atoms with Gasteiger partial charge in [-0.3, -0.25) is 9.79 Å². The van der Waals surface area contributed by atoms with Crippen molar-refractivity contribution in [3.05, 3.63) is 35.9 Å². The summed E-state index contributed by atoms with van der Waals surface area (Å²) in [6.07, 6.45) is 2.70. The van der Waals surface area contributed by atoms with E-state index in [1.54, 1.807) is 0 Å². The number of guanidine groups is 1. The van der Waals surface area contributed by atoms with Crippen LogP contribution < -0.4 is 5.32 Å². The highest BCUT2D eigenvalue weighted by molar-refractivity contribution is 5.80. The number of nitrogens with one attached hydrogen (secondary N) is 1. The lowest BCUT2D eigenvalue weighted by Gasteiger charge is -2.33. The van der Waals surface area contributed by atoms with Crippen LogP contribution in [0.2, 0.25) is 0 Å². The molecule has 0 radical (unpaired) electrons. The maximum Gasteiger partial charge on any atom is 0.309 e. The van der Waals surface area contributed by atoms with Crippen LogP contribution in [-0.4, -0.2) is 68.1 Å². The van der Waals surface area contributed by atoms with Gasteiger partial charge in [-0.15, -0.1) is 0 Å². The Labute approximate surface area is 170 Å². The molecule has 156 valence electrons. The standard InChI is InChI=1S/C22H36N4O2/c1-4-23-22(26-16-12-20(13-17-26)21(27)28-5-2)24-14-9-15-25(3)18-19-10-7-6-8-11-19/h6-8,10-11,20H,4-5,9,12-18H2,1-3H3,(H,23,24). The lowest BCUT2D eigenvalue weighted by molar-refractivity contribution is -0.149. The highest BCUT2D eigenvalue weighted by Crippen LogP contribution is 2.18. The summed E-state index contributed by atoms with van der Waals surface area (Å²) in [6, 6.07) is 10.5. The molecule has 0 bridgehead atoms. The minimum Gasteiger partial charge on any atom is -0.466 e. The molecule has 1 fully saturated rings. The van der Waals surface area contributed by atoms with Crippen LogP contribution in [0.15, 0.2) is 35.3 Å². The first-order chi connectivity index (χ1) is 13.6. The van der Waals surface area contributed by atoms with Gasteiger partial charge in [0.25, 0.3) is 0 Å². The average molecular weight is 389 g/mol. The third-order valence-electron chi connectivity index (χ3n) is 5.00. The Hall–Kier alpha value is -2.08. The molecule has 0 spiro atoms. The summed E-state index contributed by atoms with van der Waals surface area (Å²) in [6.45, 7) is 9.75. The number of hydrogen-bond donors (Lipinski definition) is 1. The Morgan fingerprint density at radius 2 is 1.96 bits per heavy atom. The van der Waals surface area contributed by atoms with Gasteiger partial charge in [0.1, 0.15) is 0 Å². The van der Waals surface area contributed by atoms with E-state index in [1.165, 1.54) is 5.56 Å². The predicted molar refractivity (Wildman–Crippen MR) is 114 cm³/mol. The number of esters is 1. The number of nitrogens with zero attached hydrogens (tertiary/aromatic N) is 3. The van der Waals surface area contributed by atoms with Gasteiger partial charge >= 0.3 is 5.97 Å². The molecule has 1 aliphatic rings. The van der Waals surface area contributed by atoms with Crippen molar-refractivity contribution in [3.8, 4) is 0 Å². The number of carbonyl (C=O) groups is 1. The average Bonchev–Trinajstić information content (AvgIpc) is 2.71. The second-order valence-corrected chi connectivity index (χ2v) is 7.33. The highest BCUT2D eigenvalue weighted by Gasteiger charge is 2.27. The van der Waals surface area contributed by atoms with Crippen molar-refractivity contribution in [1.82, 2.24) is 15.1 Å². The second-order valence-electron chi connectivity index (χ2n) is 7.33. The van der Waals surface area contributed by atoms with E-state index in [0.717, 1.165) is 64.5 Å². The van der Waals surface area contributed by atoms with E-state index in [2.05, 4.69) is 59.4 Å². The summed E-state index contributed by atoms with van der Waals surface area (Å²) in [4.78, 5) is 21.3. The van der Waals surface area contributed by atoms with E-state index in [0.29, 0.717) is 6.61 Å². The molecule has 1 aromatic carbocycles. The summed E-state index contributed by atoms with van der Waals surface area (Å²) in [5.74, 6) is 0.951. The largest absolute Gasteiger partial charge is 0.466 e. The summed E-state index contributed by atoms with van der Waals surface area (Å²) >= 11 is 0. The molecule has 1 aromatic rings. The van der Waals surface area contributed by atoms with E-state index >= 15 is 0 Å². The monoisotopic (exact) mass is 388 g/mol. The quantitative estimate of drug-likeness (QED) is 0.305. The van der Waals surface area contributed by atoms with Crippen molar-refractivity contribution in [3.63, 3.8) is 0 Å². The highest BCUT2D eigenvalue weighted by atomic mass is 16.5. The lowest BCUT2D eigenvalue weighted by atomic mass is 9.97. The first-order valence-electron chi connectivity index (χ1n) is 10.6. The molecular formula is C22H36N4O2. The van der Waals surface area contributed by atoms with Crippen LogP contribution in [0, 0.1) is 5.92 Å². The van der Waals surface area contributed by atoms with E-state index in [-0.39, 0.29) is 11.9 Å². The molecule has 6 heteroatoms. The Morgan fingerprint density at radius 1 is 1.25 bits per heavy atom. The maximum absolute atomic E-state index is 11.9. The van der Waals surface area contributed by atoms with Crippen molar-refractivity contribution in [1.29, 1.82) is 0 Å². The van der Waals surface area contributed by atoms with Crippen LogP contribution in [0.1, 0.15) is 38.7 Å². The van der Waals surface area contributed by atoms with Gasteiger partial charge in [-0.1, -0.05) is 30.3 Å². The summed E-state index contributed by atoms with van der Waals surface area (Å²) in [5.41, 5.74) is 1.34. The molecule has 6 nitrogen and oxygen atoms in total. The molecule has 0 atom stereocenters. The van der Waals surface area contributed by atoms with Crippen molar-refractivity contribution >= 4 is 11.9 Å². The first-order valence-corrected chi connectivity index (χ1v) is 10.6. The van der Waals surface area contributed by atoms with Gasteiger partial charge in [-0.2, -0.15) is 0 Å². The fourth-order valence-corrected chi connectivity index (χ4v) is 3.51. The van der Waals surface area contributed by atoms with Gasteiger partial charge in [0.15, 0.2) is 5.96 Å². The molecule has 1 heterocycles. The zero-order valence-corrected chi connectivity index (χ0v) is 17.7. The van der Waals surface area contributed by atoms with Crippen molar-refractivity contribution in [2.75, 3.05) is 46.4 Å². The number of ether oxygens (including phenoxy) is 1. The minimum atomic E-state index is -0.0504. The van der Waals surface area contributed by atoms with Crippen molar-refractivity contribution in [2.45, 2.75) is 39.7 Å². The number of likely N-dealkylation sites (tertiary alicyclic amines) is 1. The number of rotatable bonds is 9. The van der Waals surface area contributed by atoms with Crippen LogP contribution in [0.25, 0.3) is 0 Å². The van der Waals surface area contributed by atoms with Crippen LogP contribution in [0.5, 0.6) is 0 Å². The molecule has 0 amide bonds. The lowest BCUT2D eigenvalue weighted by Crippen LogP contribution is -2.46. The summed E-state index contributed by atoms with van der Waals surface area (Å²) in [7, 11) is 2.15. The number of benzene rings is 1. The van der Waals surface area contributed by atoms with Gasteiger partial charge in [-0.25, -0.2) is 0 Å². The van der Waals surface area contributed by atoms with Gasteiger partial charge in [-0.05, 0) is 52.3 Å². The Morgan fingerprint density at radius 3 is 2.61 bits per heavy atom. The predicted octanol–water partition coefficient (Wildman–Crippen LogP) is 2.75. The Balaban J connectivity index is 1.75. The van der Waals surface area contributed by atoms with Gasteiger partial charge < -0.3 is 19.9 Å². The molecule has 0 aliphatic carbocycles. The molecule has 28 heavy (non-hydrogen) atoms. The first kappa shape index (κ1) is 22.2. The zero-order chi connectivity index (χ0) is 20.2. The maximum atomic E-state index is 11.9. The smallest absolute Gasteiger partial charge is 0.309 e. The molecule has 1 aliphatic heterocycles. The normalized spacial score (nSPS) is 15.7. The SMILES string of the molecule is CCNC(=NCCCN(C)Cc1ccccc1)N1CCC(C(=O)OCC)CC1. The number of piperidine rings is 1. The van der Waals surface area contributed by atoms with Gasteiger partial charge in [0.05, 0.1) is 12.5 Å². The topological polar surface area (TPSA) is 57.2 Å². The molecule has 0 aromatic heterocycles. The Kier molecular flexibility index (Phi) is 9.83. The van der Waals surface area contributed by atoms with Crippen LogP contribution in [0.3, 0.4) is 0 Å². The van der Waals surface area contributed by atoms with Gasteiger partial charge in [0.2, 0.25) is 0 Å². The van der Waals surface area contributed by atoms with Crippen LogP contribution in [-0.2, 0) is 16.1 Å². The third kappa shape index (κ3) is 7.50. The van der Waals surface area contributed by atoms with Crippen molar-refractivity contribution < 1.29 is 9.53 Å². The van der Waals surface area contributed by atoms with E-state index in [1.807, 2.05) is 6.92 Å². The fraction of sp³-hybridized carbons (Fsp3) is 0.636. The fourth-order valence-electron chi connectivity index (χ4n) is 3.51. The molecule has 0 saturated carbocycles. The summed E-state index contributed by atoms with van der Waals surface area (Å²) in [5, 5.41) is 3.40. The molecule has 1 N–H and O–H groups in total. The van der Waals surface area contributed by atoms with E-state index < -0.39 is 0 Å². The molecule has 1 saturated heterocycles. The van der Waals surface area contributed by atoms with Gasteiger partial charge in [0, 0.05) is 32.7 Å². The third-order valence-corrected chi connectivity index (χ3v) is 5.00. The Bertz CT molecular complexity index is 598. The van der Waals surface area contributed by atoms with E-state index in [4.69, 9.17) is 9.73 Å². The molecular weight excluding hydrogens is 352 g/mol.